The maximum Gasteiger partial charge on any atom is 0.244 e. The molecule has 1 heterocycles. The van der Waals surface area contributed by atoms with Gasteiger partial charge in [0.15, 0.2) is 0 Å². The molecule has 2 aromatic carbocycles. The van der Waals surface area contributed by atoms with Gasteiger partial charge in [0.05, 0.1) is 23.4 Å². The van der Waals surface area contributed by atoms with Gasteiger partial charge >= 0.3 is 0 Å². The zero-order valence-electron chi connectivity index (χ0n) is 15.4. The number of benzene rings is 2. The fraction of sp³-hybridized carbons (Fsp3) is 0.182. The number of carbonyl (C=O) groups is 1. The fourth-order valence-corrected chi connectivity index (χ4v) is 3.32. The second-order valence-corrected chi connectivity index (χ2v) is 7.04. The highest BCUT2D eigenvalue weighted by atomic mass is 32.1. The molecule has 1 aromatic heterocycles. The van der Waals surface area contributed by atoms with Gasteiger partial charge in [-0.3, -0.25) is 4.79 Å². The molecule has 0 radical (unpaired) electrons. The molecule has 27 heavy (non-hydrogen) atoms. The first-order valence-corrected chi connectivity index (χ1v) is 9.72. The molecule has 1 N–H and O–H groups in total. The van der Waals surface area contributed by atoms with Crippen molar-refractivity contribution in [1.82, 2.24) is 10.3 Å². The molecule has 0 aliphatic rings. The third-order valence-electron chi connectivity index (χ3n) is 3.99. The van der Waals surface area contributed by atoms with Gasteiger partial charge in [-0.1, -0.05) is 42.5 Å². The first-order valence-electron chi connectivity index (χ1n) is 8.84. The summed E-state index contributed by atoms with van der Waals surface area (Å²) in [6, 6.07) is 17.5. The number of rotatable bonds is 7. The highest BCUT2D eigenvalue weighted by molar-refractivity contribution is 7.09. The molecule has 3 rings (SSSR count). The summed E-state index contributed by atoms with van der Waals surface area (Å²) >= 11 is 1.56. The van der Waals surface area contributed by atoms with Crippen LogP contribution in [-0.4, -0.2) is 17.5 Å². The summed E-state index contributed by atoms with van der Waals surface area (Å²) in [5.74, 6) is 0.654. The number of ether oxygens (including phenoxy) is 1. The van der Waals surface area contributed by atoms with Crippen LogP contribution in [0.2, 0.25) is 0 Å². The van der Waals surface area contributed by atoms with E-state index in [1.165, 1.54) is 6.08 Å². The Labute approximate surface area is 163 Å². The quantitative estimate of drug-likeness (QED) is 0.603. The molecule has 5 heteroatoms. The Morgan fingerprint density at radius 1 is 1.15 bits per heavy atom. The van der Waals surface area contributed by atoms with Gasteiger partial charge in [0, 0.05) is 11.5 Å². The largest absolute Gasteiger partial charge is 0.494 e. The van der Waals surface area contributed by atoms with Crippen molar-refractivity contribution in [2.24, 2.45) is 0 Å². The van der Waals surface area contributed by atoms with Crippen molar-refractivity contribution in [2.75, 3.05) is 6.61 Å². The zero-order chi connectivity index (χ0) is 19.1. The van der Waals surface area contributed by atoms with Crippen LogP contribution in [0.4, 0.5) is 0 Å². The van der Waals surface area contributed by atoms with E-state index in [-0.39, 0.29) is 11.9 Å². The molecule has 0 saturated carbocycles. The van der Waals surface area contributed by atoms with Crippen LogP contribution in [0.15, 0.2) is 66.1 Å². The predicted molar refractivity (Wildman–Crippen MR) is 110 cm³/mol. The third-order valence-corrected chi connectivity index (χ3v) is 4.78. The molecule has 0 saturated heterocycles. The van der Waals surface area contributed by atoms with Crippen molar-refractivity contribution >= 4 is 23.3 Å². The minimum atomic E-state index is -0.240. The van der Waals surface area contributed by atoms with Crippen LogP contribution in [0, 0.1) is 6.92 Å². The first-order chi connectivity index (χ1) is 13.2. The van der Waals surface area contributed by atoms with Crippen LogP contribution in [0.5, 0.6) is 5.75 Å². The van der Waals surface area contributed by atoms with E-state index in [1.54, 1.807) is 17.4 Å². The van der Waals surface area contributed by atoms with E-state index in [1.807, 2.05) is 73.8 Å². The number of carbonyl (C=O) groups excluding carboxylic acids is 1. The SMILES string of the molecule is CCOc1ccc(C(NC(=O)/C=C/c2csc(C)n2)c2ccccc2)cc1. The van der Waals surface area contributed by atoms with Gasteiger partial charge in [0.2, 0.25) is 5.91 Å². The molecular weight excluding hydrogens is 356 g/mol. The van der Waals surface area contributed by atoms with E-state index in [0.717, 1.165) is 27.6 Å². The van der Waals surface area contributed by atoms with Crippen LogP contribution in [-0.2, 0) is 4.79 Å². The Morgan fingerprint density at radius 3 is 2.48 bits per heavy atom. The Bertz CT molecular complexity index is 902. The molecule has 0 bridgehead atoms. The summed E-state index contributed by atoms with van der Waals surface area (Å²) in [5, 5.41) is 6.00. The molecule has 0 fully saturated rings. The summed E-state index contributed by atoms with van der Waals surface area (Å²) in [7, 11) is 0. The maximum atomic E-state index is 12.5. The van der Waals surface area contributed by atoms with Crippen LogP contribution < -0.4 is 10.1 Å². The summed E-state index contributed by atoms with van der Waals surface area (Å²) in [6.45, 7) is 4.52. The second-order valence-electron chi connectivity index (χ2n) is 5.98. The zero-order valence-corrected chi connectivity index (χ0v) is 16.2. The number of nitrogens with one attached hydrogen (secondary N) is 1. The number of aromatic nitrogens is 1. The number of hydrogen-bond acceptors (Lipinski definition) is 4. The molecule has 1 unspecified atom stereocenters. The van der Waals surface area contributed by atoms with Crippen molar-refractivity contribution in [3.63, 3.8) is 0 Å². The average Bonchev–Trinajstić information content (AvgIpc) is 3.11. The number of hydrogen-bond donors (Lipinski definition) is 1. The lowest BCUT2D eigenvalue weighted by Gasteiger charge is -2.19. The maximum absolute atomic E-state index is 12.5. The molecule has 0 aliphatic heterocycles. The van der Waals surface area contributed by atoms with Crippen molar-refractivity contribution in [3.05, 3.63) is 87.9 Å². The normalized spacial score (nSPS) is 12.1. The minimum absolute atomic E-state index is 0.164. The number of aryl methyl sites for hydroxylation is 1. The van der Waals surface area contributed by atoms with Gasteiger partial charge in [0.1, 0.15) is 5.75 Å². The highest BCUT2D eigenvalue weighted by Crippen LogP contribution is 2.24. The van der Waals surface area contributed by atoms with Gasteiger partial charge in [-0.2, -0.15) is 0 Å². The summed E-state index contributed by atoms with van der Waals surface area (Å²) in [4.78, 5) is 16.8. The van der Waals surface area contributed by atoms with E-state index in [4.69, 9.17) is 4.74 Å². The van der Waals surface area contributed by atoms with E-state index in [9.17, 15) is 4.79 Å². The smallest absolute Gasteiger partial charge is 0.244 e. The molecule has 0 spiro atoms. The average molecular weight is 378 g/mol. The number of thiazole rings is 1. The van der Waals surface area contributed by atoms with E-state index >= 15 is 0 Å². The van der Waals surface area contributed by atoms with Crippen molar-refractivity contribution in [3.8, 4) is 5.75 Å². The van der Waals surface area contributed by atoms with Crippen LogP contribution in [0.25, 0.3) is 6.08 Å². The molecule has 4 nitrogen and oxygen atoms in total. The van der Waals surface area contributed by atoms with Crippen LogP contribution >= 0.6 is 11.3 Å². The van der Waals surface area contributed by atoms with Crippen LogP contribution in [0.1, 0.15) is 34.8 Å². The molecule has 0 aliphatic carbocycles. The Balaban J connectivity index is 1.80. The molecule has 1 atom stereocenters. The molecule has 1 amide bonds. The molecule has 3 aromatic rings. The second kappa shape index (κ2) is 9.14. The lowest BCUT2D eigenvalue weighted by molar-refractivity contribution is -0.116. The van der Waals surface area contributed by atoms with Gasteiger partial charge in [-0.15, -0.1) is 11.3 Å². The number of amides is 1. The highest BCUT2D eigenvalue weighted by Gasteiger charge is 2.15. The van der Waals surface area contributed by atoms with Gasteiger partial charge in [0.25, 0.3) is 0 Å². The third kappa shape index (κ3) is 5.28. The van der Waals surface area contributed by atoms with Crippen molar-refractivity contribution < 1.29 is 9.53 Å². The molecular formula is C22H22N2O2S. The van der Waals surface area contributed by atoms with Gasteiger partial charge < -0.3 is 10.1 Å². The summed E-state index contributed by atoms with van der Waals surface area (Å²) in [6.07, 6.45) is 3.26. The van der Waals surface area contributed by atoms with Crippen LogP contribution in [0.3, 0.4) is 0 Å². The lowest BCUT2D eigenvalue weighted by atomic mass is 9.98. The van der Waals surface area contributed by atoms with E-state index < -0.39 is 0 Å². The van der Waals surface area contributed by atoms with Crippen molar-refractivity contribution in [2.45, 2.75) is 19.9 Å². The standard InChI is InChI=1S/C22H22N2O2S/c1-3-26-20-12-9-18(10-13-20)22(17-7-5-4-6-8-17)24-21(25)14-11-19-15-27-16(2)23-19/h4-15,22H,3H2,1-2H3,(H,24,25)/b14-11+. The summed E-state index contributed by atoms with van der Waals surface area (Å²) < 4.78 is 5.51. The monoisotopic (exact) mass is 378 g/mol. The lowest BCUT2D eigenvalue weighted by Crippen LogP contribution is -2.27. The number of nitrogens with zero attached hydrogens (tertiary/aromatic N) is 1. The Hall–Kier alpha value is -2.92. The van der Waals surface area contributed by atoms with Gasteiger partial charge in [-0.05, 0) is 43.2 Å². The Kier molecular flexibility index (Phi) is 6.39. The molecule has 138 valence electrons. The summed E-state index contributed by atoms with van der Waals surface area (Å²) in [5.41, 5.74) is 2.81. The topological polar surface area (TPSA) is 51.2 Å². The Morgan fingerprint density at radius 2 is 1.85 bits per heavy atom. The van der Waals surface area contributed by atoms with E-state index in [0.29, 0.717) is 6.61 Å². The predicted octanol–water partition coefficient (Wildman–Crippen LogP) is 4.77. The minimum Gasteiger partial charge on any atom is -0.494 e. The fourth-order valence-electron chi connectivity index (χ4n) is 2.74. The first kappa shape index (κ1) is 18.9. The van der Waals surface area contributed by atoms with Crippen molar-refractivity contribution in [1.29, 1.82) is 0 Å². The van der Waals surface area contributed by atoms with Gasteiger partial charge in [-0.25, -0.2) is 4.98 Å². The van der Waals surface area contributed by atoms with E-state index in [2.05, 4.69) is 10.3 Å².